The zero-order valence-corrected chi connectivity index (χ0v) is 14.0. The van der Waals surface area contributed by atoms with Gasteiger partial charge in [0.15, 0.2) is 6.61 Å². The summed E-state index contributed by atoms with van der Waals surface area (Å²) < 4.78 is 13.1. The number of carboxylic acids is 2. The maximum Gasteiger partial charge on any atom is 0.322 e. The average Bonchev–Trinajstić information content (AvgIpc) is 2.56. The number of nitrogens with zero attached hydrogens (tertiary/aromatic N) is 1. The molecule has 0 radical (unpaired) electrons. The Labute approximate surface area is 148 Å². The first-order valence-electron chi connectivity index (χ1n) is 7.61. The van der Waals surface area contributed by atoms with Crippen molar-refractivity contribution in [3.05, 3.63) is 23.6 Å². The van der Waals surface area contributed by atoms with E-state index in [4.69, 9.17) is 26.5 Å². The lowest BCUT2D eigenvalue weighted by atomic mass is 9.94. The van der Waals surface area contributed by atoms with Crippen LogP contribution >= 0.6 is 0 Å². The second-order valence-electron chi connectivity index (χ2n) is 5.71. The third kappa shape index (κ3) is 6.26. The van der Waals surface area contributed by atoms with E-state index >= 15 is 0 Å². The van der Waals surface area contributed by atoms with Crippen LogP contribution in [0.15, 0.2) is 28.7 Å². The molecule has 0 aromatic heterocycles. The zero-order chi connectivity index (χ0) is 19.9. The SMILES string of the molecule is CC1CC(F)=CC=C1/C=N/OCC(=O)NC(C(N)C(=O)O)C(N)C(=O)O. The number of carbonyl (C=O) groups excluding carboxylic acids is 1. The summed E-state index contributed by atoms with van der Waals surface area (Å²) in [7, 11) is 0. The largest absolute Gasteiger partial charge is 0.480 e. The minimum atomic E-state index is -1.72. The predicted octanol–water partition coefficient (Wildman–Crippen LogP) is -0.883. The Bertz CT molecular complexity index is 628. The van der Waals surface area contributed by atoms with Crippen molar-refractivity contribution in [1.82, 2.24) is 5.32 Å². The monoisotopic (exact) mass is 372 g/mol. The Morgan fingerprint density at radius 1 is 1.35 bits per heavy atom. The quantitative estimate of drug-likeness (QED) is 0.256. The van der Waals surface area contributed by atoms with Gasteiger partial charge in [-0.25, -0.2) is 4.39 Å². The van der Waals surface area contributed by atoms with E-state index in [1.165, 1.54) is 18.4 Å². The summed E-state index contributed by atoms with van der Waals surface area (Å²) in [5.41, 5.74) is 11.4. The van der Waals surface area contributed by atoms with Crippen LogP contribution < -0.4 is 16.8 Å². The molecular weight excluding hydrogens is 351 g/mol. The molecule has 3 unspecified atom stereocenters. The molecule has 1 aliphatic rings. The topological polar surface area (TPSA) is 177 Å². The van der Waals surface area contributed by atoms with Crippen LogP contribution in [0.3, 0.4) is 0 Å². The summed E-state index contributed by atoms with van der Waals surface area (Å²) >= 11 is 0. The number of nitrogens with one attached hydrogen (secondary N) is 1. The van der Waals surface area contributed by atoms with Crippen molar-refractivity contribution in [2.24, 2.45) is 22.5 Å². The Morgan fingerprint density at radius 3 is 2.42 bits per heavy atom. The molecule has 0 heterocycles. The number of aliphatic carboxylic acids is 2. The highest BCUT2D eigenvalue weighted by atomic mass is 19.1. The van der Waals surface area contributed by atoms with Gasteiger partial charge in [-0.05, 0) is 17.6 Å². The Balaban J connectivity index is 2.59. The van der Waals surface area contributed by atoms with Gasteiger partial charge < -0.3 is 31.8 Å². The third-order valence-corrected chi connectivity index (χ3v) is 3.67. The van der Waals surface area contributed by atoms with Crippen LogP contribution in [-0.4, -0.2) is 59.0 Å². The molecule has 0 aromatic carbocycles. The van der Waals surface area contributed by atoms with E-state index in [0.29, 0.717) is 5.57 Å². The Kier molecular flexibility index (Phi) is 7.87. The van der Waals surface area contributed by atoms with Crippen molar-refractivity contribution in [3.8, 4) is 0 Å². The second-order valence-corrected chi connectivity index (χ2v) is 5.71. The van der Waals surface area contributed by atoms with E-state index in [0.717, 1.165) is 0 Å². The summed E-state index contributed by atoms with van der Waals surface area (Å²) in [5, 5.41) is 23.4. The van der Waals surface area contributed by atoms with Crippen LogP contribution in [0.5, 0.6) is 0 Å². The number of rotatable bonds is 9. The lowest BCUT2D eigenvalue weighted by Gasteiger charge is -2.25. The molecule has 1 amide bonds. The molecule has 0 saturated heterocycles. The van der Waals surface area contributed by atoms with Crippen molar-refractivity contribution < 1.29 is 33.8 Å². The molecular formula is C15H21FN4O6. The molecule has 0 spiro atoms. The summed E-state index contributed by atoms with van der Waals surface area (Å²) in [6, 6.07) is -4.98. The first kappa shape index (κ1) is 21.3. The highest BCUT2D eigenvalue weighted by Gasteiger charge is 2.35. The van der Waals surface area contributed by atoms with Crippen LogP contribution in [-0.2, 0) is 19.2 Å². The van der Waals surface area contributed by atoms with Crippen LogP contribution in [0, 0.1) is 5.92 Å². The van der Waals surface area contributed by atoms with Gasteiger partial charge in [-0.15, -0.1) is 0 Å². The molecule has 1 aliphatic carbocycles. The Hall–Kier alpha value is -2.79. The van der Waals surface area contributed by atoms with Crippen LogP contribution in [0.1, 0.15) is 13.3 Å². The molecule has 144 valence electrons. The van der Waals surface area contributed by atoms with Crippen LogP contribution in [0.4, 0.5) is 4.39 Å². The fourth-order valence-electron chi connectivity index (χ4n) is 2.13. The van der Waals surface area contributed by atoms with Crippen molar-refractivity contribution in [3.63, 3.8) is 0 Å². The number of hydrogen-bond donors (Lipinski definition) is 5. The maximum absolute atomic E-state index is 13.1. The van der Waals surface area contributed by atoms with Gasteiger partial charge in [-0.1, -0.05) is 18.2 Å². The normalized spacial score (nSPS) is 20.5. The molecule has 11 heteroatoms. The summed E-state index contributed by atoms with van der Waals surface area (Å²) in [6.45, 7) is 1.18. The summed E-state index contributed by atoms with van der Waals surface area (Å²) in [6.07, 6.45) is 4.40. The van der Waals surface area contributed by atoms with Gasteiger partial charge in [0.1, 0.15) is 17.9 Å². The number of halogens is 1. The minimum Gasteiger partial charge on any atom is -0.480 e. The van der Waals surface area contributed by atoms with Crippen molar-refractivity contribution in [1.29, 1.82) is 0 Å². The molecule has 1 rings (SSSR count). The fourth-order valence-corrected chi connectivity index (χ4v) is 2.13. The van der Waals surface area contributed by atoms with E-state index in [2.05, 4.69) is 10.5 Å². The smallest absolute Gasteiger partial charge is 0.322 e. The fraction of sp³-hybridized carbons (Fsp3) is 0.467. The standard InChI is InChI=1S/C15H21FN4O6/c1-7-4-9(16)3-2-8(7)5-19-26-6-10(21)20-13(11(17)14(22)23)12(18)15(24)25/h2-3,5,7,11-13H,4,6,17-18H2,1H3,(H,20,21)(H,22,23)(H,24,25)/b19-5+. The number of hydrogen-bond acceptors (Lipinski definition) is 7. The van der Waals surface area contributed by atoms with Crippen LogP contribution in [0.25, 0.3) is 0 Å². The average molecular weight is 372 g/mol. The zero-order valence-electron chi connectivity index (χ0n) is 14.0. The number of carboxylic acid groups (broad SMARTS) is 2. The summed E-state index contributed by atoms with van der Waals surface area (Å²) in [4.78, 5) is 38.4. The molecule has 10 nitrogen and oxygen atoms in total. The van der Waals surface area contributed by atoms with Gasteiger partial charge in [0.05, 0.1) is 12.3 Å². The van der Waals surface area contributed by atoms with E-state index in [1.54, 1.807) is 6.92 Å². The molecule has 26 heavy (non-hydrogen) atoms. The Morgan fingerprint density at radius 2 is 1.92 bits per heavy atom. The van der Waals surface area contributed by atoms with Crippen molar-refractivity contribution >= 4 is 24.1 Å². The highest BCUT2D eigenvalue weighted by Crippen LogP contribution is 2.24. The minimum absolute atomic E-state index is 0.104. The van der Waals surface area contributed by atoms with Crippen LogP contribution in [0.2, 0.25) is 0 Å². The van der Waals surface area contributed by atoms with Gasteiger partial charge in [0.2, 0.25) is 0 Å². The van der Waals surface area contributed by atoms with Gasteiger partial charge in [0.25, 0.3) is 5.91 Å². The van der Waals surface area contributed by atoms with E-state index in [-0.39, 0.29) is 18.2 Å². The highest BCUT2D eigenvalue weighted by molar-refractivity contribution is 5.84. The molecule has 7 N–H and O–H groups in total. The molecule has 0 bridgehead atoms. The number of oxime groups is 1. The third-order valence-electron chi connectivity index (χ3n) is 3.67. The van der Waals surface area contributed by atoms with Crippen molar-refractivity contribution in [2.75, 3.05) is 6.61 Å². The molecule has 0 aromatic rings. The van der Waals surface area contributed by atoms with Gasteiger partial charge in [-0.2, -0.15) is 0 Å². The van der Waals surface area contributed by atoms with Crippen molar-refractivity contribution in [2.45, 2.75) is 31.5 Å². The first-order chi connectivity index (χ1) is 12.1. The van der Waals surface area contributed by atoms with E-state index in [1.807, 2.05) is 0 Å². The van der Waals surface area contributed by atoms with Gasteiger partial charge >= 0.3 is 11.9 Å². The predicted molar refractivity (Wildman–Crippen MR) is 88.7 cm³/mol. The number of nitrogens with two attached hydrogens (primary N) is 2. The van der Waals surface area contributed by atoms with E-state index in [9.17, 15) is 18.8 Å². The number of carbonyl (C=O) groups is 3. The van der Waals surface area contributed by atoms with Gasteiger partial charge in [-0.3, -0.25) is 14.4 Å². The molecule has 3 atom stereocenters. The molecule has 0 saturated carbocycles. The lowest BCUT2D eigenvalue weighted by Crippen LogP contribution is -2.62. The summed E-state index contributed by atoms with van der Waals surface area (Å²) in [5.74, 6) is -4.25. The lowest BCUT2D eigenvalue weighted by molar-refractivity contribution is -0.142. The second kappa shape index (κ2) is 9.63. The number of amides is 1. The van der Waals surface area contributed by atoms with Gasteiger partial charge in [0, 0.05) is 6.42 Å². The molecule has 0 fully saturated rings. The molecule has 0 aliphatic heterocycles. The number of allylic oxidation sites excluding steroid dienone is 4. The van der Waals surface area contributed by atoms with E-state index < -0.39 is 42.6 Å². The maximum atomic E-state index is 13.1. The first-order valence-corrected chi connectivity index (χ1v) is 7.61.